The van der Waals surface area contributed by atoms with E-state index in [0.29, 0.717) is 29.0 Å². The predicted octanol–water partition coefficient (Wildman–Crippen LogP) is 3.41. The molecule has 2 aliphatic rings. The Bertz CT molecular complexity index is 909. The van der Waals surface area contributed by atoms with Crippen molar-refractivity contribution >= 4 is 23.1 Å². The zero-order valence-corrected chi connectivity index (χ0v) is 16.3. The van der Waals surface area contributed by atoms with E-state index in [2.05, 4.69) is 22.3 Å². The lowest BCUT2D eigenvalue weighted by molar-refractivity contribution is -0.116. The SMILES string of the molecule is CC1CCC2(CC1)NC(=O)C(c1nc(Cc3ccc(Cl)cc3)nn1C)=C2O. The van der Waals surface area contributed by atoms with Gasteiger partial charge in [0.05, 0.1) is 5.54 Å². The molecule has 0 bridgehead atoms. The highest BCUT2D eigenvalue weighted by Crippen LogP contribution is 2.42. The minimum atomic E-state index is -0.638. The molecule has 1 aliphatic carbocycles. The maximum absolute atomic E-state index is 12.7. The fraction of sp³-hybridized carbons (Fsp3) is 0.450. The summed E-state index contributed by atoms with van der Waals surface area (Å²) in [5, 5.41) is 19.1. The number of aliphatic hydroxyl groups is 1. The second kappa shape index (κ2) is 6.68. The number of amides is 1. The third-order valence-corrected chi connectivity index (χ3v) is 5.96. The third kappa shape index (κ3) is 3.23. The number of rotatable bonds is 3. The Kier molecular flexibility index (Phi) is 4.46. The number of hydrogen-bond donors (Lipinski definition) is 2. The summed E-state index contributed by atoms with van der Waals surface area (Å²) >= 11 is 5.93. The van der Waals surface area contributed by atoms with Crippen LogP contribution in [0.2, 0.25) is 5.02 Å². The van der Waals surface area contributed by atoms with E-state index in [-0.39, 0.29) is 17.2 Å². The molecule has 2 N–H and O–H groups in total. The molecule has 27 heavy (non-hydrogen) atoms. The standard InChI is InChI=1S/C20H23ClN4O2/c1-12-7-9-20(10-8-12)17(26)16(19(27)23-20)18-22-15(24-25(18)2)11-13-3-5-14(21)6-4-13/h3-6,12,26H,7-11H2,1-2H3,(H,23,27). The monoisotopic (exact) mass is 386 g/mol. The molecule has 0 unspecified atom stereocenters. The van der Waals surface area contributed by atoms with Gasteiger partial charge in [-0.1, -0.05) is 30.7 Å². The van der Waals surface area contributed by atoms with E-state index in [1.807, 2.05) is 24.3 Å². The van der Waals surface area contributed by atoms with Crippen LogP contribution in [0.1, 0.15) is 49.8 Å². The van der Waals surface area contributed by atoms with Crippen LogP contribution < -0.4 is 5.32 Å². The Morgan fingerprint density at radius 1 is 1.30 bits per heavy atom. The number of carbonyl (C=O) groups excluding carboxylic acids is 1. The molecule has 6 nitrogen and oxygen atoms in total. The number of aryl methyl sites for hydroxylation is 1. The normalized spacial score (nSPS) is 25.3. The van der Waals surface area contributed by atoms with Crippen LogP contribution >= 0.6 is 11.6 Å². The molecule has 0 atom stereocenters. The van der Waals surface area contributed by atoms with Gasteiger partial charge in [-0.2, -0.15) is 5.10 Å². The second-order valence-corrected chi connectivity index (χ2v) is 8.16. The number of halogens is 1. The van der Waals surface area contributed by atoms with Crippen LogP contribution in [0.5, 0.6) is 0 Å². The third-order valence-electron chi connectivity index (χ3n) is 5.70. The van der Waals surface area contributed by atoms with Crippen molar-refractivity contribution in [2.45, 2.75) is 44.6 Å². The predicted molar refractivity (Wildman–Crippen MR) is 103 cm³/mol. The molecule has 2 heterocycles. The molecule has 1 amide bonds. The first-order valence-corrected chi connectivity index (χ1v) is 9.67. The number of benzene rings is 1. The molecular formula is C20H23ClN4O2. The van der Waals surface area contributed by atoms with Gasteiger partial charge in [0, 0.05) is 18.5 Å². The summed E-state index contributed by atoms with van der Waals surface area (Å²) < 4.78 is 1.57. The first-order valence-electron chi connectivity index (χ1n) is 9.29. The zero-order chi connectivity index (χ0) is 19.2. The molecule has 1 aromatic carbocycles. The van der Waals surface area contributed by atoms with Crippen LogP contribution in [0.25, 0.3) is 5.57 Å². The van der Waals surface area contributed by atoms with Gasteiger partial charge in [0.2, 0.25) is 0 Å². The molecule has 4 rings (SSSR count). The minimum Gasteiger partial charge on any atom is -0.509 e. The Labute approximate surface area is 163 Å². The van der Waals surface area contributed by atoms with Crippen molar-refractivity contribution in [3.63, 3.8) is 0 Å². The minimum absolute atomic E-state index is 0.118. The number of nitrogens with zero attached hydrogens (tertiary/aromatic N) is 3. The van der Waals surface area contributed by atoms with Gasteiger partial charge in [-0.15, -0.1) is 0 Å². The highest BCUT2D eigenvalue weighted by Gasteiger charge is 2.48. The van der Waals surface area contributed by atoms with Crippen LogP contribution in [-0.4, -0.2) is 31.3 Å². The molecule has 7 heteroatoms. The molecule has 1 aliphatic heterocycles. The van der Waals surface area contributed by atoms with Gasteiger partial charge in [0.15, 0.2) is 11.6 Å². The van der Waals surface area contributed by atoms with Crippen molar-refractivity contribution in [2.75, 3.05) is 0 Å². The molecule has 0 saturated heterocycles. The average molecular weight is 387 g/mol. The molecule has 142 valence electrons. The van der Waals surface area contributed by atoms with Crippen LogP contribution in [0, 0.1) is 5.92 Å². The van der Waals surface area contributed by atoms with Crippen molar-refractivity contribution in [2.24, 2.45) is 13.0 Å². The van der Waals surface area contributed by atoms with E-state index in [1.165, 1.54) is 0 Å². The number of carbonyl (C=O) groups is 1. The first kappa shape index (κ1) is 18.0. The van der Waals surface area contributed by atoms with E-state index in [1.54, 1.807) is 11.7 Å². The van der Waals surface area contributed by atoms with Crippen LogP contribution in [0.4, 0.5) is 0 Å². The summed E-state index contributed by atoms with van der Waals surface area (Å²) in [6.45, 7) is 2.21. The topological polar surface area (TPSA) is 80.0 Å². The van der Waals surface area contributed by atoms with Crippen molar-refractivity contribution in [3.8, 4) is 0 Å². The van der Waals surface area contributed by atoms with Crippen LogP contribution in [0.15, 0.2) is 30.0 Å². The lowest BCUT2D eigenvalue weighted by atomic mass is 9.76. The Morgan fingerprint density at radius 2 is 1.96 bits per heavy atom. The number of nitrogens with one attached hydrogen (secondary N) is 1. The lowest BCUT2D eigenvalue weighted by Crippen LogP contribution is -2.47. The molecule has 0 radical (unpaired) electrons. The summed E-state index contributed by atoms with van der Waals surface area (Å²) in [5.41, 5.74) is 0.645. The summed E-state index contributed by atoms with van der Waals surface area (Å²) in [5.74, 6) is 1.47. The van der Waals surface area contributed by atoms with E-state index in [4.69, 9.17) is 11.6 Å². The van der Waals surface area contributed by atoms with Gasteiger partial charge in [0.25, 0.3) is 5.91 Å². The van der Waals surface area contributed by atoms with Gasteiger partial charge >= 0.3 is 0 Å². The highest BCUT2D eigenvalue weighted by molar-refractivity contribution is 6.30. The van der Waals surface area contributed by atoms with Crippen molar-refractivity contribution < 1.29 is 9.90 Å². The molecule has 1 fully saturated rings. The van der Waals surface area contributed by atoms with E-state index in [0.717, 1.165) is 31.2 Å². The molecule has 1 saturated carbocycles. The summed E-state index contributed by atoms with van der Waals surface area (Å²) in [4.78, 5) is 17.2. The average Bonchev–Trinajstić information content (AvgIpc) is 3.10. The summed E-state index contributed by atoms with van der Waals surface area (Å²) in [6.07, 6.45) is 4.01. The summed E-state index contributed by atoms with van der Waals surface area (Å²) in [6, 6.07) is 7.51. The van der Waals surface area contributed by atoms with Crippen molar-refractivity contribution in [1.29, 1.82) is 0 Å². The maximum Gasteiger partial charge on any atom is 0.259 e. The highest BCUT2D eigenvalue weighted by atomic mass is 35.5. The van der Waals surface area contributed by atoms with E-state index >= 15 is 0 Å². The smallest absolute Gasteiger partial charge is 0.259 e. The molecular weight excluding hydrogens is 364 g/mol. The van der Waals surface area contributed by atoms with Crippen LogP contribution in [0.3, 0.4) is 0 Å². The van der Waals surface area contributed by atoms with E-state index < -0.39 is 5.54 Å². The van der Waals surface area contributed by atoms with Gasteiger partial charge in [-0.25, -0.2) is 9.67 Å². The van der Waals surface area contributed by atoms with Crippen LogP contribution in [-0.2, 0) is 18.3 Å². The number of hydrogen-bond acceptors (Lipinski definition) is 4. The second-order valence-electron chi connectivity index (χ2n) is 7.72. The fourth-order valence-electron chi connectivity index (χ4n) is 4.02. The lowest BCUT2D eigenvalue weighted by Gasteiger charge is -2.36. The van der Waals surface area contributed by atoms with Gasteiger partial charge in [-0.05, 0) is 49.3 Å². The maximum atomic E-state index is 12.7. The zero-order valence-electron chi connectivity index (χ0n) is 15.5. The fourth-order valence-corrected chi connectivity index (χ4v) is 4.15. The summed E-state index contributed by atoms with van der Waals surface area (Å²) in [7, 11) is 1.75. The molecule has 1 aromatic heterocycles. The van der Waals surface area contributed by atoms with Gasteiger partial charge in [0.1, 0.15) is 11.3 Å². The van der Waals surface area contributed by atoms with Crippen molar-refractivity contribution in [1.82, 2.24) is 20.1 Å². The number of aliphatic hydroxyl groups excluding tert-OH is 1. The molecule has 1 spiro atoms. The number of aromatic nitrogens is 3. The molecule has 2 aromatic rings. The Morgan fingerprint density at radius 3 is 2.63 bits per heavy atom. The van der Waals surface area contributed by atoms with Gasteiger partial charge < -0.3 is 10.4 Å². The quantitative estimate of drug-likeness (QED) is 0.847. The first-order chi connectivity index (χ1) is 12.9. The van der Waals surface area contributed by atoms with Gasteiger partial charge in [-0.3, -0.25) is 4.79 Å². The Hall–Kier alpha value is -2.34. The van der Waals surface area contributed by atoms with E-state index in [9.17, 15) is 9.90 Å². The van der Waals surface area contributed by atoms with Crippen molar-refractivity contribution in [3.05, 3.63) is 52.3 Å². The largest absolute Gasteiger partial charge is 0.509 e. The Balaban J connectivity index is 1.64.